The molecule has 1 aliphatic carbocycles. The van der Waals surface area contributed by atoms with E-state index in [0.29, 0.717) is 12.6 Å². The van der Waals surface area contributed by atoms with Crippen molar-refractivity contribution in [2.24, 2.45) is 5.41 Å². The molecule has 1 aromatic rings. The van der Waals surface area contributed by atoms with Gasteiger partial charge in [0.2, 0.25) is 11.8 Å². The molecule has 1 atom stereocenters. The third-order valence-corrected chi connectivity index (χ3v) is 6.58. The quantitative estimate of drug-likeness (QED) is 0.867. The van der Waals surface area contributed by atoms with Crippen LogP contribution >= 0.6 is 0 Å². The summed E-state index contributed by atoms with van der Waals surface area (Å²) >= 11 is 0. The van der Waals surface area contributed by atoms with Crippen molar-refractivity contribution < 1.29 is 9.59 Å². The highest BCUT2D eigenvalue weighted by molar-refractivity contribution is 5.84. The molecule has 0 aromatic heterocycles. The van der Waals surface area contributed by atoms with Crippen LogP contribution in [0.2, 0.25) is 0 Å². The molecule has 4 rings (SSSR count). The Morgan fingerprint density at radius 1 is 1.19 bits per heavy atom. The van der Waals surface area contributed by atoms with Gasteiger partial charge in [-0.15, -0.1) is 0 Å². The van der Waals surface area contributed by atoms with Crippen molar-refractivity contribution in [1.82, 2.24) is 15.1 Å². The number of likely N-dealkylation sites (tertiary alicyclic amines) is 2. The summed E-state index contributed by atoms with van der Waals surface area (Å²) in [5, 5.41) is 3.09. The Kier molecular flexibility index (Phi) is 5.22. The lowest BCUT2D eigenvalue weighted by atomic mass is 9.67. The SMILES string of the molecule is CCN1CC2(CCN(CC(=O)NC3CC3)CC2)C[C@@H](c2ccccc2)C1=O. The zero-order valence-corrected chi connectivity index (χ0v) is 16.3. The number of hydrogen-bond acceptors (Lipinski definition) is 3. The molecule has 5 nitrogen and oxygen atoms in total. The number of nitrogens with one attached hydrogen (secondary N) is 1. The topological polar surface area (TPSA) is 52.6 Å². The highest BCUT2D eigenvalue weighted by Crippen LogP contribution is 2.45. The van der Waals surface area contributed by atoms with E-state index in [2.05, 4.69) is 34.2 Å². The molecule has 146 valence electrons. The van der Waals surface area contributed by atoms with Gasteiger partial charge in [0, 0.05) is 19.1 Å². The van der Waals surface area contributed by atoms with Gasteiger partial charge in [0.15, 0.2) is 0 Å². The van der Waals surface area contributed by atoms with Gasteiger partial charge in [-0.1, -0.05) is 30.3 Å². The predicted molar refractivity (Wildman–Crippen MR) is 105 cm³/mol. The highest BCUT2D eigenvalue weighted by Gasteiger charge is 2.45. The second kappa shape index (κ2) is 7.63. The van der Waals surface area contributed by atoms with Gasteiger partial charge in [0.1, 0.15) is 0 Å². The molecule has 2 heterocycles. The van der Waals surface area contributed by atoms with Crippen molar-refractivity contribution in [1.29, 1.82) is 0 Å². The number of likely N-dealkylation sites (N-methyl/N-ethyl adjacent to an activating group) is 1. The van der Waals surface area contributed by atoms with Crippen LogP contribution < -0.4 is 5.32 Å². The molecule has 2 saturated heterocycles. The van der Waals surface area contributed by atoms with Crippen molar-refractivity contribution >= 4 is 11.8 Å². The van der Waals surface area contributed by atoms with E-state index in [4.69, 9.17) is 0 Å². The molecule has 2 aliphatic heterocycles. The molecule has 0 radical (unpaired) electrons. The van der Waals surface area contributed by atoms with Crippen molar-refractivity contribution in [3.63, 3.8) is 0 Å². The molecule has 1 spiro atoms. The fourth-order valence-electron chi connectivity index (χ4n) is 4.75. The van der Waals surface area contributed by atoms with Crippen LogP contribution in [0.25, 0.3) is 0 Å². The maximum Gasteiger partial charge on any atom is 0.234 e. The highest BCUT2D eigenvalue weighted by atomic mass is 16.2. The van der Waals surface area contributed by atoms with Gasteiger partial charge in [-0.05, 0) is 63.1 Å². The molecule has 0 unspecified atom stereocenters. The predicted octanol–water partition coefficient (Wildman–Crippen LogP) is 2.38. The van der Waals surface area contributed by atoms with E-state index in [1.807, 2.05) is 18.2 Å². The normalized spacial score (nSPS) is 25.6. The second-order valence-corrected chi connectivity index (χ2v) is 8.64. The van der Waals surface area contributed by atoms with Crippen LogP contribution in [-0.2, 0) is 9.59 Å². The first-order valence-corrected chi connectivity index (χ1v) is 10.4. The summed E-state index contributed by atoms with van der Waals surface area (Å²) in [4.78, 5) is 29.4. The largest absolute Gasteiger partial charge is 0.352 e. The molecule has 2 amide bonds. The number of piperidine rings is 2. The Labute approximate surface area is 162 Å². The van der Waals surface area contributed by atoms with Crippen molar-refractivity contribution in [3.05, 3.63) is 35.9 Å². The zero-order chi connectivity index (χ0) is 18.9. The van der Waals surface area contributed by atoms with Crippen molar-refractivity contribution in [3.8, 4) is 0 Å². The Balaban J connectivity index is 1.41. The standard InChI is InChI=1S/C22H31N3O2/c1-2-25-16-22(14-19(21(25)27)17-6-4-3-5-7-17)10-12-24(13-11-22)15-20(26)23-18-8-9-18/h3-7,18-19H,2,8-16H2,1H3,(H,23,26)/t19-/m0/s1. The second-order valence-electron chi connectivity index (χ2n) is 8.64. The van der Waals surface area contributed by atoms with Crippen LogP contribution in [0.15, 0.2) is 30.3 Å². The van der Waals surface area contributed by atoms with Crippen molar-refractivity contribution in [2.75, 3.05) is 32.7 Å². The lowest BCUT2D eigenvalue weighted by molar-refractivity contribution is -0.141. The summed E-state index contributed by atoms with van der Waals surface area (Å²) in [6.07, 6.45) is 5.34. The van der Waals surface area contributed by atoms with Crippen molar-refractivity contribution in [2.45, 2.75) is 51.0 Å². The monoisotopic (exact) mass is 369 g/mol. The van der Waals surface area contributed by atoms with E-state index < -0.39 is 0 Å². The minimum Gasteiger partial charge on any atom is -0.352 e. The summed E-state index contributed by atoms with van der Waals surface area (Å²) < 4.78 is 0. The molecule has 3 fully saturated rings. The van der Waals surface area contributed by atoms with E-state index in [9.17, 15) is 9.59 Å². The summed E-state index contributed by atoms with van der Waals surface area (Å²) in [5.41, 5.74) is 1.33. The van der Waals surface area contributed by atoms with E-state index >= 15 is 0 Å². The summed E-state index contributed by atoms with van der Waals surface area (Å²) in [6, 6.07) is 10.7. The molecule has 1 saturated carbocycles. The molecule has 0 bridgehead atoms. The minimum atomic E-state index is -0.0235. The average molecular weight is 370 g/mol. The third kappa shape index (κ3) is 4.18. The van der Waals surface area contributed by atoms with E-state index in [1.165, 1.54) is 0 Å². The number of benzene rings is 1. The Bertz CT molecular complexity index is 678. The van der Waals surface area contributed by atoms with Gasteiger partial charge in [-0.3, -0.25) is 14.5 Å². The first-order chi connectivity index (χ1) is 13.1. The van der Waals surface area contributed by atoms with E-state index in [1.54, 1.807) is 0 Å². The summed E-state index contributed by atoms with van der Waals surface area (Å²) in [6.45, 7) is 6.14. The lowest BCUT2D eigenvalue weighted by Crippen LogP contribution is -2.54. The maximum absolute atomic E-state index is 13.0. The minimum absolute atomic E-state index is 0.0235. The number of carbonyl (C=O) groups excluding carboxylic acids is 2. The Morgan fingerprint density at radius 2 is 1.89 bits per heavy atom. The molecule has 27 heavy (non-hydrogen) atoms. The van der Waals surface area contributed by atoms with Gasteiger partial charge < -0.3 is 10.2 Å². The van der Waals surface area contributed by atoms with Gasteiger partial charge in [-0.25, -0.2) is 0 Å². The first kappa shape index (κ1) is 18.5. The number of hydrogen-bond donors (Lipinski definition) is 1. The van der Waals surface area contributed by atoms with Gasteiger partial charge >= 0.3 is 0 Å². The molecule has 5 heteroatoms. The van der Waals surface area contributed by atoms with Gasteiger partial charge in [-0.2, -0.15) is 0 Å². The van der Waals surface area contributed by atoms with Crippen LogP contribution in [0.3, 0.4) is 0 Å². The molecule has 1 N–H and O–H groups in total. The summed E-state index contributed by atoms with van der Waals surface area (Å²) in [5.74, 6) is 0.426. The lowest BCUT2D eigenvalue weighted by Gasteiger charge is -2.49. The van der Waals surface area contributed by atoms with Gasteiger partial charge in [0.25, 0.3) is 0 Å². The molecule has 3 aliphatic rings. The maximum atomic E-state index is 13.0. The fourth-order valence-corrected chi connectivity index (χ4v) is 4.75. The molecular weight excluding hydrogens is 338 g/mol. The van der Waals surface area contributed by atoms with E-state index in [-0.39, 0.29) is 23.1 Å². The number of nitrogens with zero attached hydrogens (tertiary/aromatic N) is 2. The van der Waals surface area contributed by atoms with Crippen LogP contribution in [-0.4, -0.2) is 60.4 Å². The number of rotatable bonds is 5. The smallest absolute Gasteiger partial charge is 0.234 e. The zero-order valence-electron chi connectivity index (χ0n) is 16.3. The van der Waals surface area contributed by atoms with Crippen LogP contribution in [0.5, 0.6) is 0 Å². The fraction of sp³-hybridized carbons (Fsp3) is 0.636. The average Bonchev–Trinajstić information content (AvgIpc) is 3.50. The van der Waals surface area contributed by atoms with Crippen LogP contribution in [0, 0.1) is 5.41 Å². The number of amides is 2. The van der Waals surface area contributed by atoms with E-state index in [0.717, 1.165) is 63.8 Å². The molecule has 1 aromatic carbocycles. The Morgan fingerprint density at radius 3 is 2.52 bits per heavy atom. The Hall–Kier alpha value is -1.88. The van der Waals surface area contributed by atoms with Crippen LogP contribution in [0.1, 0.15) is 50.5 Å². The third-order valence-electron chi connectivity index (χ3n) is 6.58. The van der Waals surface area contributed by atoms with Crippen LogP contribution in [0.4, 0.5) is 0 Å². The number of carbonyl (C=O) groups is 2. The summed E-state index contributed by atoms with van der Waals surface area (Å²) in [7, 11) is 0. The van der Waals surface area contributed by atoms with Gasteiger partial charge in [0.05, 0.1) is 12.5 Å². The molecular formula is C22H31N3O2. The first-order valence-electron chi connectivity index (χ1n) is 10.4.